The molecule has 0 aromatic heterocycles. The van der Waals surface area contributed by atoms with Crippen LogP contribution in [0.15, 0.2) is 16.6 Å². The largest absolute Gasteiger partial charge is 0.490 e. The fourth-order valence-electron chi connectivity index (χ4n) is 1.81. The van der Waals surface area contributed by atoms with Gasteiger partial charge in [-0.25, -0.2) is 0 Å². The normalized spacial score (nSPS) is 18.0. The van der Waals surface area contributed by atoms with E-state index in [-0.39, 0.29) is 11.4 Å². The van der Waals surface area contributed by atoms with Crippen molar-refractivity contribution in [2.24, 2.45) is 0 Å². The van der Waals surface area contributed by atoms with Crippen LogP contribution in [-0.4, -0.2) is 31.2 Å². The number of hydrogen-bond donors (Lipinski definition) is 2. The van der Waals surface area contributed by atoms with Crippen molar-refractivity contribution in [3.63, 3.8) is 0 Å². The molecule has 0 saturated carbocycles. The molecule has 18 heavy (non-hydrogen) atoms. The molecule has 0 radical (unpaired) electrons. The molecule has 0 spiro atoms. The van der Waals surface area contributed by atoms with Crippen LogP contribution in [0.5, 0.6) is 5.75 Å². The molecule has 1 heterocycles. The highest BCUT2D eigenvalue weighted by Crippen LogP contribution is 2.37. The number of methoxy groups -OCH3 is 1. The van der Waals surface area contributed by atoms with E-state index < -0.39 is 4.92 Å². The lowest BCUT2D eigenvalue weighted by Gasteiger charge is -2.28. The number of hydrogen-bond acceptors (Lipinski definition) is 5. The molecule has 6 nitrogen and oxygen atoms in total. The Kier molecular flexibility index (Phi) is 4.03. The van der Waals surface area contributed by atoms with Gasteiger partial charge in [0.05, 0.1) is 12.0 Å². The van der Waals surface area contributed by atoms with E-state index in [4.69, 9.17) is 4.74 Å². The maximum absolute atomic E-state index is 11.1. The number of benzene rings is 1. The highest BCUT2D eigenvalue weighted by Gasteiger charge is 2.23. The highest BCUT2D eigenvalue weighted by molar-refractivity contribution is 9.10. The first kappa shape index (κ1) is 13.1. The van der Waals surface area contributed by atoms with Crippen LogP contribution in [0, 0.1) is 10.1 Å². The zero-order valence-electron chi connectivity index (χ0n) is 9.90. The summed E-state index contributed by atoms with van der Waals surface area (Å²) in [6, 6.07) is 3.67. The van der Waals surface area contributed by atoms with Crippen LogP contribution < -0.4 is 15.4 Å². The zero-order valence-corrected chi connectivity index (χ0v) is 11.5. The molecular formula is C11H14BrN3O3. The minimum Gasteiger partial charge on any atom is -0.490 e. The van der Waals surface area contributed by atoms with Gasteiger partial charge in [0.15, 0.2) is 5.75 Å². The van der Waals surface area contributed by atoms with Crippen molar-refractivity contribution >= 4 is 27.3 Å². The molecule has 2 N–H and O–H groups in total. The second-order valence-electron chi connectivity index (χ2n) is 4.08. The molecule has 1 atom stereocenters. The Balaban J connectivity index is 2.24. The molecule has 98 valence electrons. The minimum absolute atomic E-state index is 0.0278. The third-order valence-corrected chi connectivity index (χ3v) is 3.36. The summed E-state index contributed by atoms with van der Waals surface area (Å²) < 4.78 is 5.79. The Bertz CT molecular complexity index is 463. The van der Waals surface area contributed by atoms with Crippen molar-refractivity contribution in [3.8, 4) is 5.75 Å². The maximum atomic E-state index is 11.1. The van der Waals surface area contributed by atoms with Gasteiger partial charge in [-0.15, -0.1) is 0 Å². The fraction of sp³-hybridized carbons (Fsp3) is 0.455. The summed E-state index contributed by atoms with van der Waals surface area (Å²) in [4.78, 5) is 10.7. The van der Waals surface area contributed by atoms with E-state index in [2.05, 4.69) is 26.6 Å². The Morgan fingerprint density at radius 1 is 1.67 bits per heavy atom. The predicted octanol–water partition coefficient (Wildman–Crippen LogP) is 2.14. The van der Waals surface area contributed by atoms with Gasteiger partial charge in [0, 0.05) is 23.1 Å². The molecule has 1 saturated heterocycles. The Morgan fingerprint density at radius 3 is 2.89 bits per heavy atom. The molecule has 0 unspecified atom stereocenters. The molecule has 1 fully saturated rings. The molecule has 0 amide bonds. The zero-order chi connectivity index (χ0) is 13.1. The molecule has 1 aromatic carbocycles. The van der Waals surface area contributed by atoms with E-state index >= 15 is 0 Å². The molecule has 0 aliphatic carbocycles. The molecule has 1 aliphatic rings. The molecule has 0 bridgehead atoms. The minimum atomic E-state index is -0.429. The first-order valence-electron chi connectivity index (χ1n) is 5.61. The Labute approximate surface area is 113 Å². The molecular weight excluding hydrogens is 302 g/mol. The van der Waals surface area contributed by atoms with Gasteiger partial charge < -0.3 is 15.4 Å². The summed E-state index contributed by atoms with van der Waals surface area (Å²) in [6.45, 7) is 1.68. The van der Waals surface area contributed by atoms with Crippen LogP contribution in [0.3, 0.4) is 0 Å². The number of nitrogens with zero attached hydrogens (tertiary/aromatic N) is 1. The van der Waals surface area contributed by atoms with E-state index in [1.165, 1.54) is 7.11 Å². The van der Waals surface area contributed by atoms with Crippen LogP contribution in [0.2, 0.25) is 0 Å². The smallest absolute Gasteiger partial charge is 0.333 e. The van der Waals surface area contributed by atoms with E-state index in [0.29, 0.717) is 18.3 Å². The van der Waals surface area contributed by atoms with Gasteiger partial charge >= 0.3 is 5.69 Å². The van der Waals surface area contributed by atoms with E-state index in [9.17, 15) is 10.1 Å². The SMILES string of the molecule is COc1cc(Br)cc(NC[C@@H]2CCN2)c1[N+](=O)[O-]. The van der Waals surface area contributed by atoms with Gasteiger partial charge in [0.1, 0.15) is 5.69 Å². The molecule has 7 heteroatoms. The number of nitrogens with one attached hydrogen (secondary N) is 2. The van der Waals surface area contributed by atoms with Crippen molar-refractivity contribution in [3.05, 3.63) is 26.7 Å². The quantitative estimate of drug-likeness (QED) is 0.643. The lowest BCUT2D eigenvalue weighted by atomic mass is 10.1. The predicted molar refractivity (Wildman–Crippen MR) is 72.2 cm³/mol. The lowest BCUT2D eigenvalue weighted by Crippen LogP contribution is -2.47. The van der Waals surface area contributed by atoms with Gasteiger partial charge in [0.2, 0.25) is 0 Å². The summed E-state index contributed by atoms with van der Waals surface area (Å²) in [7, 11) is 1.42. The third-order valence-electron chi connectivity index (χ3n) is 2.91. The van der Waals surface area contributed by atoms with Crippen molar-refractivity contribution < 1.29 is 9.66 Å². The number of ether oxygens (including phenoxy) is 1. The lowest BCUT2D eigenvalue weighted by molar-refractivity contribution is -0.384. The summed E-state index contributed by atoms with van der Waals surface area (Å²) >= 11 is 3.32. The van der Waals surface area contributed by atoms with Crippen LogP contribution in [0.1, 0.15) is 6.42 Å². The van der Waals surface area contributed by atoms with E-state index in [1.807, 2.05) is 0 Å². The molecule has 1 aliphatic heterocycles. The van der Waals surface area contributed by atoms with Crippen molar-refractivity contribution in [2.75, 3.05) is 25.5 Å². The summed E-state index contributed by atoms with van der Waals surface area (Å²) in [5.74, 6) is 0.249. The number of nitro benzene ring substituents is 1. The third kappa shape index (κ3) is 2.73. The average molecular weight is 316 g/mol. The summed E-state index contributed by atoms with van der Waals surface area (Å²) in [5, 5.41) is 17.4. The Hall–Kier alpha value is -1.34. The van der Waals surface area contributed by atoms with Gasteiger partial charge in [-0.05, 0) is 19.0 Å². The monoisotopic (exact) mass is 315 g/mol. The fourth-order valence-corrected chi connectivity index (χ4v) is 2.25. The van der Waals surface area contributed by atoms with Crippen molar-refractivity contribution in [1.29, 1.82) is 0 Å². The van der Waals surface area contributed by atoms with Crippen LogP contribution in [0.25, 0.3) is 0 Å². The number of nitro groups is 1. The summed E-state index contributed by atoms with van der Waals surface area (Å²) in [6.07, 6.45) is 1.09. The number of rotatable bonds is 5. The van der Waals surface area contributed by atoms with Gasteiger partial charge in [-0.1, -0.05) is 15.9 Å². The van der Waals surface area contributed by atoms with Gasteiger partial charge in [-0.3, -0.25) is 10.1 Å². The second kappa shape index (κ2) is 5.53. The van der Waals surface area contributed by atoms with Crippen molar-refractivity contribution in [1.82, 2.24) is 5.32 Å². The van der Waals surface area contributed by atoms with Gasteiger partial charge in [0.25, 0.3) is 0 Å². The van der Waals surface area contributed by atoms with E-state index in [1.54, 1.807) is 12.1 Å². The maximum Gasteiger partial charge on any atom is 0.333 e. The Morgan fingerprint density at radius 2 is 2.39 bits per heavy atom. The summed E-state index contributed by atoms with van der Waals surface area (Å²) in [5.41, 5.74) is 0.444. The first-order valence-corrected chi connectivity index (χ1v) is 6.40. The topological polar surface area (TPSA) is 76.4 Å². The van der Waals surface area contributed by atoms with E-state index in [0.717, 1.165) is 17.4 Å². The van der Waals surface area contributed by atoms with Gasteiger partial charge in [-0.2, -0.15) is 0 Å². The van der Waals surface area contributed by atoms with Crippen LogP contribution in [-0.2, 0) is 0 Å². The van der Waals surface area contributed by atoms with Crippen molar-refractivity contribution in [2.45, 2.75) is 12.5 Å². The number of halogens is 1. The molecule has 2 rings (SSSR count). The van der Waals surface area contributed by atoms with Crippen LogP contribution >= 0.6 is 15.9 Å². The second-order valence-corrected chi connectivity index (χ2v) is 5.00. The highest BCUT2D eigenvalue weighted by atomic mass is 79.9. The molecule has 1 aromatic rings. The standard InChI is InChI=1S/C11H14BrN3O3/c1-18-10-5-7(12)4-9(11(10)15(16)17)14-6-8-2-3-13-8/h4-5,8,13-14H,2-3,6H2,1H3/t8-/m0/s1. The first-order chi connectivity index (χ1) is 8.61. The number of anilines is 1. The van der Waals surface area contributed by atoms with Crippen LogP contribution in [0.4, 0.5) is 11.4 Å². The average Bonchev–Trinajstić information content (AvgIpc) is 2.25.